The van der Waals surface area contributed by atoms with Crippen molar-refractivity contribution in [1.82, 2.24) is 4.98 Å². The first-order valence-electron chi connectivity index (χ1n) is 6.86. The number of methoxy groups -OCH3 is 1. The number of hydrogen-bond donors (Lipinski definition) is 0. The molecule has 0 amide bonds. The summed E-state index contributed by atoms with van der Waals surface area (Å²) >= 11 is 1.81. The van der Waals surface area contributed by atoms with Crippen molar-refractivity contribution < 1.29 is 4.74 Å². The van der Waals surface area contributed by atoms with Crippen LogP contribution >= 0.6 is 11.3 Å². The number of hydrogen-bond acceptors (Lipinski definition) is 3. The van der Waals surface area contributed by atoms with Gasteiger partial charge in [-0.1, -0.05) is 19.3 Å². The summed E-state index contributed by atoms with van der Waals surface area (Å²) in [4.78, 5) is 4.81. The predicted octanol–water partition coefficient (Wildman–Crippen LogP) is 4.29. The molecule has 0 N–H and O–H groups in total. The lowest BCUT2D eigenvalue weighted by Crippen LogP contribution is -2.17. The average molecular weight is 251 g/mol. The van der Waals surface area contributed by atoms with Gasteiger partial charge in [0.25, 0.3) is 0 Å². The molecule has 0 aliphatic heterocycles. The molecular formula is C14H21NOS. The summed E-state index contributed by atoms with van der Waals surface area (Å²) in [5.74, 6) is 1.47. The molecule has 2 saturated carbocycles. The van der Waals surface area contributed by atoms with Crippen LogP contribution < -0.4 is 0 Å². The van der Waals surface area contributed by atoms with E-state index in [0.29, 0.717) is 5.92 Å². The van der Waals surface area contributed by atoms with E-state index in [4.69, 9.17) is 9.72 Å². The number of ether oxygens (including phenoxy) is 1. The molecule has 0 saturated heterocycles. The van der Waals surface area contributed by atoms with E-state index >= 15 is 0 Å². The molecule has 17 heavy (non-hydrogen) atoms. The molecule has 2 fully saturated rings. The molecule has 2 aliphatic carbocycles. The van der Waals surface area contributed by atoms with E-state index in [0.717, 1.165) is 5.92 Å². The molecule has 1 heterocycles. The Labute approximate surface area is 107 Å². The first kappa shape index (κ1) is 11.7. The maximum absolute atomic E-state index is 5.74. The zero-order chi connectivity index (χ0) is 11.7. The molecule has 1 atom stereocenters. The second-order valence-electron chi connectivity index (χ2n) is 5.44. The molecule has 2 nitrogen and oxygen atoms in total. The van der Waals surface area contributed by atoms with Crippen molar-refractivity contribution in [3.05, 3.63) is 16.1 Å². The molecule has 0 aromatic carbocycles. The highest BCUT2D eigenvalue weighted by atomic mass is 32.1. The van der Waals surface area contributed by atoms with Crippen molar-refractivity contribution in [3.63, 3.8) is 0 Å². The Kier molecular flexibility index (Phi) is 3.48. The minimum Gasteiger partial charge on any atom is -0.374 e. The Bertz CT molecular complexity index is 366. The monoisotopic (exact) mass is 251 g/mol. The lowest BCUT2D eigenvalue weighted by atomic mass is 9.85. The van der Waals surface area contributed by atoms with Gasteiger partial charge in [-0.3, -0.25) is 0 Å². The van der Waals surface area contributed by atoms with Crippen LogP contribution in [0.3, 0.4) is 0 Å². The normalized spacial score (nSPS) is 23.8. The lowest BCUT2D eigenvalue weighted by molar-refractivity contribution is 0.0351. The third kappa shape index (κ3) is 2.55. The Morgan fingerprint density at radius 3 is 2.65 bits per heavy atom. The third-order valence-corrected chi connectivity index (χ3v) is 5.04. The number of thiazole rings is 1. The van der Waals surface area contributed by atoms with Crippen LogP contribution in [-0.4, -0.2) is 12.1 Å². The van der Waals surface area contributed by atoms with Crippen molar-refractivity contribution >= 4 is 11.3 Å². The van der Waals surface area contributed by atoms with Crippen LogP contribution in [0.4, 0.5) is 0 Å². The number of rotatable bonds is 4. The summed E-state index contributed by atoms with van der Waals surface area (Å²) in [6.07, 6.45) is 9.70. The smallest absolute Gasteiger partial charge is 0.122 e. The fourth-order valence-electron chi connectivity index (χ4n) is 2.93. The van der Waals surface area contributed by atoms with Gasteiger partial charge in [-0.25, -0.2) is 4.98 Å². The van der Waals surface area contributed by atoms with Crippen LogP contribution in [0.25, 0.3) is 0 Å². The molecule has 94 valence electrons. The van der Waals surface area contributed by atoms with Crippen molar-refractivity contribution in [2.45, 2.75) is 57.0 Å². The van der Waals surface area contributed by atoms with Gasteiger partial charge in [-0.05, 0) is 31.6 Å². The van der Waals surface area contributed by atoms with Crippen LogP contribution in [-0.2, 0) is 4.74 Å². The fraction of sp³-hybridized carbons (Fsp3) is 0.786. The van der Waals surface area contributed by atoms with Gasteiger partial charge < -0.3 is 4.74 Å². The van der Waals surface area contributed by atoms with E-state index in [2.05, 4.69) is 5.38 Å². The van der Waals surface area contributed by atoms with Gasteiger partial charge in [0.05, 0.1) is 5.69 Å². The zero-order valence-electron chi connectivity index (χ0n) is 10.5. The number of aromatic nitrogens is 1. The summed E-state index contributed by atoms with van der Waals surface area (Å²) in [7, 11) is 1.84. The fourth-order valence-corrected chi connectivity index (χ4v) is 4.00. The molecule has 2 aliphatic rings. The van der Waals surface area contributed by atoms with Gasteiger partial charge in [0, 0.05) is 18.4 Å². The number of nitrogens with zero attached hydrogens (tertiary/aromatic N) is 1. The molecule has 1 unspecified atom stereocenters. The zero-order valence-corrected chi connectivity index (χ0v) is 11.3. The van der Waals surface area contributed by atoms with Gasteiger partial charge in [0.1, 0.15) is 11.1 Å². The molecular weight excluding hydrogens is 230 g/mol. The minimum absolute atomic E-state index is 0.257. The molecule has 3 rings (SSSR count). The molecule has 1 aromatic heterocycles. The van der Waals surface area contributed by atoms with E-state index in [1.165, 1.54) is 55.6 Å². The maximum Gasteiger partial charge on any atom is 0.122 e. The van der Waals surface area contributed by atoms with E-state index in [1.54, 1.807) is 0 Å². The second-order valence-corrected chi connectivity index (χ2v) is 6.33. The molecule has 0 spiro atoms. The van der Waals surface area contributed by atoms with Gasteiger partial charge >= 0.3 is 0 Å². The van der Waals surface area contributed by atoms with Gasteiger partial charge in [-0.15, -0.1) is 11.3 Å². The minimum atomic E-state index is 0.257. The third-order valence-electron chi connectivity index (χ3n) is 4.11. The molecule has 3 heteroatoms. The summed E-state index contributed by atoms with van der Waals surface area (Å²) in [5.41, 5.74) is 1.32. The topological polar surface area (TPSA) is 22.1 Å². The lowest BCUT2D eigenvalue weighted by Gasteiger charge is -2.27. The van der Waals surface area contributed by atoms with Crippen LogP contribution in [0.2, 0.25) is 0 Å². The first-order chi connectivity index (χ1) is 8.38. The Balaban J connectivity index is 1.73. The van der Waals surface area contributed by atoms with Crippen LogP contribution in [0, 0.1) is 5.92 Å². The highest BCUT2D eigenvalue weighted by molar-refractivity contribution is 7.09. The summed E-state index contributed by atoms with van der Waals surface area (Å²) in [6, 6.07) is 0. The molecule has 0 radical (unpaired) electrons. The largest absolute Gasteiger partial charge is 0.374 e. The second kappa shape index (κ2) is 5.07. The van der Waals surface area contributed by atoms with Gasteiger partial charge in [0.15, 0.2) is 0 Å². The van der Waals surface area contributed by atoms with E-state index in [1.807, 2.05) is 18.4 Å². The van der Waals surface area contributed by atoms with Crippen LogP contribution in [0.15, 0.2) is 5.38 Å². The van der Waals surface area contributed by atoms with Crippen molar-refractivity contribution in [1.29, 1.82) is 0 Å². The summed E-state index contributed by atoms with van der Waals surface area (Å²) in [5, 5.41) is 3.48. The Morgan fingerprint density at radius 1 is 1.24 bits per heavy atom. The van der Waals surface area contributed by atoms with Crippen molar-refractivity contribution in [2.24, 2.45) is 5.92 Å². The highest BCUT2D eigenvalue weighted by Crippen LogP contribution is 2.43. The highest BCUT2D eigenvalue weighted by Gasteiger charge is 2.30. The quantitative estimate of drug-likeness (QED) is 0.796. The van der Waals surface area contributed by atoms with Gasteiger partial charge in [-0.2, -0.15) is 0 Å². The molecule has 0 bridgehead atoms. The van der Waals surface area contributed by atoms with Crippen molar-refractivity contribution in [2.75, 3.05) is 7.11 Å². The standard InChI is InChI=1S/C14H21NOS/c1-16-13(11-5-3-2-4-6-11)14-15-12(9-17-14)10-7-8-10/h9-11,13H,2-8H2,1H3. The molecule has 1 aromatic rings. The predicted molar refractivity (Wildman–Crippen MR) is 70.4 cm³/mol. The first-order valence-corrected chi connectivity index (χ1v) is 7.74. The Hall–Kier alpha value is -0.410. The van der Waals surface area contributed by atoms with Crippen LogP contribution in [0.5, 0.6) is 0 Å². The van der Waals surface area contributed by atoms with E-state index < -0.39 is 0 Å². The summed E-state index contributed by atoms with van der Waals surface area (Å²) < 4.78 is 5.74. The maximum atomic E-state index is 5.74. The van der Waals surface area contributed by atoms with Crippen LogP contribution in [0.1, 0.15) is 67.7 Å². The van der Waals surface area contributed by atoms with E-state index in [9.17, 15) is 0 Å². The van der Waals surface area contributed by atoms with Crippen molar-refractivity contribution in [3.8, 4) is 0 Å². The SMILES string of the molecule is COC(c1nc(C2CC2)cs1)C1CCCCC1. The Morgan fingerprint density at radius 2 is 2.00 bits per heavy atom. The summed E-state index contributed by atoms with van der Waals surface area (Å²) in [6.45, 7) is 0. The van der Waals surface area contributed by atoms with E-state index in [-0.39, 0.29) is 6.10 Å². The average Bonchev–Trinajstić information content (AvgIpc) is 3.12. The van der Waals surface area contributed by atoms with Gasteiger partial charge in [0.2, 0.25) is 0 Å².